The van der Waals surface area contributed by atoms with E-state index in [2.05, 4.69) is 37.5 Å². The van der Waals surface area contributed by atoms with Gasteiger partial charge in [-0.3, -0.25) is 5.32 Å². The summed E-state index contributed by atoms with van der Waals surface area (Å²) in [6, 6.07) is 2.22. The van der Waals surface area contributed by atoms with E-state index in [1.165, 1.54) is 32.6 Å². The molecule has 186 valence electrons. The number of pyridine rings is 1. The summed E-state index contributed by atoms with van der Waals surface area (Å²) >= 11 is 0. The Morgan fingerprint density at radius 3 is 2.46 bits per heavy atom. The van der Waals surface area contributed by atoms with Crippen molar-refractivity contribution in [2.75, 3.05) is 45.1 Å². The maximum absolute atomic E-state index is 15.1. The number of benzene rings is 1. The van der Waals surface area contributed by atoms with Crippen molar-refractivity contribution in [2.24, 2.45) is 0 Å². The molecule has 0 spiro atoms. The quantitative estimate of drug-likeness (QED) is 0.264. The highest BCUT2D eigenvalue weighted by atomic mass is 19.1. The van der Waals surface area contributed by atoms with Gasteiger partial charge >= 0.3 is 0 Å². The molecule has 1 aliphatic heterocycles. The molecule has 1 aromatic carbocycles. The molecule has 1 saturated heterocycles. The highest BCUT2D eigenvalue weighted by Crippen LogP contribution is 2.38. The van der Waals surface area contributed by atoms with Gasteiger partial charge in [-0.25, -0.2) is 23.7 Å². The molecule has 1 fully saturated rings. The first-order valence-electron chi connectivity index (χ1n) is 10.8. The molecule has 10 nitrogen and oxygen atoms in total. The van der Waals surface area contributed by atoms with Crippen LogP contribution in [-0.4, -0.2) is 72.9 Å². The van der Waals surface area contributed by atoms with Crippen molar-refractivity contribution in [2.45, 2.75) is 18.3 Å². The normalized spacial score (nSPS) is 18.3. The Bertz CT molecular complexity index is 1220. The van der Waals surface area contributed by atoms with Crippen molar-refractivity contribution in [1.29, 1.82) is 0 Å². The maximum Gasteiger partial charge on any atom is 0.223 e. The summed E-state index contributed by atoms with van der Waals surface area (Å²) in [7, 11) is 4.19. The number of hydrogen-bond donors (Lipinski definition) is 4. The van der Waals surface area contributed by atoms with Gasteiger partial charge in [0.15, 0.2) is 29.0 Å². The lowest BCUT2D eigenvalue weighted by molar-refractivity contribution is 0.149. The number of hydrogen-bond acceptors (Lipinski definition) is 10. The second-order valence-electron chi connectivity index (χ2n) is 7.76. The van der Waals surface area contributed by atoms with Gasteiger partial charge in [0.05, 0.1) is 50.8 Å². The van der Waals surface area contributed by atoms with E-state index in [4.69, 9.17) is 14.2 Å². The van der Waals surface area contributed by atoms with Crippen LogP contribution in [0.3, 0.4) is 0 Å². The molecule has 4 rings (SSSR count). The van der Waals surface area contributed by atoms with Crippen molar-refractivity contribution in [3.05, 3.63) is 42.6 Å². The molecule has 1 unspecified atom stereocenters. The fourth-order valence-electron chi connectivity index (χ4n) is 3.84. The number of anilines is 2. The molecule has 35 heavy (non-hydrogen) atoms. The first-order chi connectivity index (χ1) is 16.9. The smallest absolute Gasteiger partial charge is 0.223 e. The van der Waals surface area contributed by atoms with Crippen molar-refractivity contribution in [3.63, 3.8) is 0 Å². The summed E-state index contributed by atoms with van der Waals surface area (Å²) in [5.74, 6) is -1.56. The number of rotatable bonds is 9. The Kier molecular flexibility index (Phi) is 7.24. The van der Waals surface area contributed by atoms with E-state index >= 15 is 8.78 Å². The molecule has 1 aliphatic rings. The van der Waals surface area contributed by atoms with Gasteiger partial charge in [-0.15, -0.1) is 0 Å². The van der Waals surface area contributed by atoms with Crippen molar-refractivity contribution < 1.29 is 28.1 Å². The van der Waals surface area contributed by atoms with Crippen LogP contribution in [0.2, 0.25) is 0 Å². The number of nitrogens with zero attached hydrogens (tertiary/aromatic N) is 3. The zero-order valence-electron chi connectivity index (χ0n) is 19.4. The average Bonchev–Trinajstić information content (AvgIpc) is 3.29. The summed E-state index contributed by atoms with van der Waals surface area (Å²) in [5.41, 5.74) is 0.0730. The molecule has 2 aromatic heterocycles. The molecule has 0 saturated carbocycles. The van der Waals surface area contributed by atoms with E-state index in [-0.39, 0.29) is 34.8 Å². The number of methoxy groups -OCH3 is 2. The van der Waals surface area contributed by atoms with Crippen LogP contribution in [0.1, 0.15) is 0 Å². The first-order valence-corrected chi connectivity index (χ1v) is 10.8. The largest absolute Gasteiger partial charge is 0.494 e. The fourth-order valence-corrected chi connectivity index (χ4v) is 3.84. The molecule has 0 bridgehead atoms. The van der Waals surface area contributed by atoms with Crippen LogP contribution in [0, 0.1) is 11.6 Å². The van der Waals surface area contributed by atoms with Gasteiger partial charge in [0.2, 0.25) is 5.95 Å². The summed E-state index contributed by atoms with van der Waals surface area (Å²) in [6.07, 6.45) is 2.03. The molecule has 12 heteroatoms. The van der Waals surface area contributed by atoms with E-state index in [0.29, 0.717) is 35.9 Å². The molecule has 3 heterocycles. The van der Waals surface area contributed by atoms with Crippen LogP contribution in [0.15, 0.2) is 31.0 Å². The third-order valence-corrected chi connectivity index (χ3v) is 5.64. The topological polar surface area (TPSA) is 123 Å². The second-order valence-corrected chi connectivity index (χ2v) is 7.76. The molecule has 0 amide bonds. The SMILES string of the molecule is C=CC(O)N[C@H]1COC[C@H]1Nc1ncc2cc(-c3c(F)c(OC)cc(OC)c3F)nc(NC)c2n1. The monoisotopic (exact) mass is 488 g/mol. The Hall–Kier alpha value is -3.61. The van der Waals surface area contributed by atoms with E-state index in [0.717, 1.165) is 6.07 Å². The minimum atomic E-state index is -0.902. The molecular formula is C23H26F2N6O4. The number of aliphatic hydroxyl groups is 1. The third-order valence-electron chi connectivity index (χ3n) is 5.64. The van der Waals surface area contributed by atoms with E-state index in [1.54, 1.807) is 7.05 Å². The minimum Gasteiger partial charge on any atom is -0.494 e. The predicted octanol–water partition coefficient (Wildman–Crippen LogP) is 2.30. The molecule has 0 aliphatic carbocycles. The van der Waals surface area contributed by atoms with Crippen molar-refractivity contribution in [1.82, 2.24) is 20.3 Å². The lowest BCUT2D eigenvalue weighted by atomic mass is 10.1. The van der Waals surface area contributed by atoms with Gasteiger partial charge < -0.3 is 30.0 Å². The van der Waals surface area contributed by atoms with E-state index < -0.39 is 17.9 Å². The van der Waals surface area contributed by atoms with Gasteiger partial charge in [0.1, 0.15) is 11.7 Å². The van der Waals surface area contributed by atoms with Crippen molar-refractivity contribution >= 4 is 22.7 Å². The van der Waals surface area contributed by atoms with Crippen molar-refractivity contribution in [3.8, 4) is 22.8 Å². The van der Waals surface area contributed by atoms with Gasteiger partial charge in [-0.2, -0.15) is 0 Å². The zero-order chi connectivity index (χ0) is 25.1. The van der Waals surface area contributed by atoms with Gasteiger partial charge in [0, 0.05) is 24.7 Å². The third kappa shape index (κ3) is 4.81. The first kappa shape index (κ1) is 24.5. The van der Waals surface area contributed by atoms with Gasteiger partial charge in [0.25, 0.3) is 0 Å². The Morgan fingerprint density at radius 1 is 1.14 bits per heavy atom. The summed E-state index contributed by atoms with van der Waals surface area (Å²) in [5, 5.41) is 19.4. The number of aliphatic hydroxyl groups excluding tert-OH is 1. The molecule has 4 N–H and O–H groups in total. The number of aromatic nitrogens is 3. The van der Waals surface area contributed by atoms with E-state index in [9.17, 15) is 5.11 Å². The van der Waals surface area contributed by atoms with Gasteiger partial charge in [-0.05, 0) is 12.1 Å². The lowest BCUT2D eigenvalue weighted by Crippen LogP contribution is -2.47. The highest BCUT2D eigenvalue weighted by molar-refractivity contribution is 5.91. The summed E-state index contributed by atoms with van der Waals surface area (Å²) < 4.78 is 45.7. The lowest BCUT2D eigenvalue weighted by Gasteiger charge is -2.22. The summed E-state index contributed by atoms with van der Waals surface area (Å²) in [6.45, 7) is 4.33. The van der Waals surface area contributed by atoms with Crippen LogP contribution in [0.5, 0.6) is 11.5 Å². The average molecular weight is 488 g/mol. The molecule has 3 atom stereocenters. The number of fused-ring (bicyclic) bond motifs is 1. The Labute approximate surface area is 200 Å². The van der Waals surface area contributed by atoms with Crippen LogP contribution in [0.4, 0.5) is 20.5 Å². The molecular weight excluding hydrogens is 462 g/mol. The fraction of sp³-hybridized carbons (Fsp3) is 0.348. The Morgan fingerprint density at radius 2 is 1.83 bits per heavy atom. The molecule has 0 radical (unpaired) electrons. The Balaban J connectivity index is 1.72. The number of nitrogens with one attached hydrogen (secondary N) is 3. The number of halogens is 2. The summed E-state index contributed by atoms with van der Waals surface area (Å²) in [4.78, 5) is 13.3. The van der Waals surface area contributed by atoms with Gasteiger partial charge in [-0.1, -0.05) is 6.58 Å². The molecule has 3 aromatic rings. The second kappa shape index (κ2) is 10.3. The zero-order valence-corrected chi connectivity index (χ0v) is 19.4. The minimum absolute atomic E-state index is 0.0187. The maximum atomic E-state index is 15.1. The van der Waals surface area contributed by atoms with Crippen LogP contribution < -0.4 is 25.4 Å². The van der Waals surface area contributed by atoms with Crippen LogP contribution >= 0.6 is 0 Å². The van der Waals surface area contributed by atoms with E-state index in [1.807, 2.05) is 0 Å². The predicted molar refractivity (Wildman–Crippen MR) is 127 cm³/mol. The number of ether oxygens (including phenoxy) is 3. The van der Waals surface area contributed by atoms with Crippen LogP contribution in [0.25, 0.3) is 22.2 Å². The standard InChI is InChI=1S/C23H26F2N6O4/c1-5-17(32)28-13-9-35-10-14(13)30-23-27-8-11-6-12(29-22(26-2)21(11)31-23)18-19(24)15(33-3)7-16(34-4)20(18)25/h5-8,13-14,17,28,32H,1,9-10H2,2-4H3,(H,26,29)(H,27,30,31)/t13-,14+,17?/m0/s1. The highest BCUT2D eigenvalue weighted by Gasteiger charge is 2.30. The van der Waals surface area contributed by atoms with Crippen LogP contribution in [-0.2, 0) is 4.74 Å².